The summed E-state index contributed by atoms with van der Waals surface area (Å²) in [5.74, 6) is -2.53. The van der Waals surface area contributed by atoms with Crippen LogP contribution in [0.5, 0.6) is 0 Å². The molecule has 426 valence electrons. The molecule has 19 nitrogen and oxygen atoms in total. The first-order valence-electron chi connectivity index (χ1n) is 23.9. The van der Waals surface area contributed by atoms with E-state index in [0.717, 1.165) is 0 Å². The molecular formula is C47H96O19Si7. The van der Waals surface area contributed by atoms with E-state index in [9.17, 15) is 24.0 Å². The van der Waals surface area contributed by atoms with E-state index in [-0.39, 0.29) is 31.4 Å². The Morgan fingerprint density at radius 3 is 0.795 bits per heavy atom. The maximum atomic E-state index is 12.0. The van der Waals surface area contributed by atoms with Gasteiger partial charge in [0.15, 0.2) is 25.0 Å². The third-order valence-corrected chi connectivity index (χ3v) is 31.2. The highest BCUT2D eigenvalue weighted by molar-refractivity contribution is 6.92. The van der Waals surface area contributed by atoms with E-state index in [0.29, 0.717) is 74.4 Å². The summed E-state index contributed by atoms with van der Waals surface area (Å²) in [4.78, 5) is 53.9. The van der Waals surface area contributed by atoms with Crippen LogP contribution in [0.2, 0.25) is 104 Å². The van der Waals surface area contributed by atoms with Crippen molar-refractivity contribution in [3.05, 3.63) is 60.8 Å². The lowest BCUT2D eigenvalue weighted by Crippen LogP contribution is -2.66. The Balaban J connectivity index is -0.000000554. The summed E-state index contributed by atoms with van der Waals surface area (Å²) in [6.45, 7) is 59.6. The molecule has 0 radical (unpaired) electrons. The second kappa shape index (κ2) is 37.1. The van der Waals surface area contributed by atoms with Crippen LogP contribution in [0.3, 0.4) is 0 Å². The number of hydrogen-bond acceptors (Lipinski definition) is 18. The molecule has 0 saturated carbocycles. The fourth-order valence-electron chi connectivity index (χ4n) is 5.54. The molecule has 0 amide bonds. The van der Waals surface area contributed by atoms with Crippen LogP contribution < -0.4 is 0 Å². The molecule has 0 unspecified atom stereocenters. The zero-order valence-corrected chi connectivity index (χ0v) is 55.6. The molecule has 0 aromatic carbocycles. The van der Waals surface area contributed by atoms with Crippen LogP contribution in [0.4, 0.5) is 0 Å². The molecule has 1 N–H and O–H groups in total. The molecule has 0 aliphatic heterocycles. The fourth-order valence-corrected chi connectivity index (χ4v) is 37.3. The zero-order valence-electron chi connectivity index (χ0n) is 48.6. The number of hydrogen-bond donors (Lipinski definition) is 1. The van der Waals surface area contributed by atoms with Crippen molar-refractivity contribution in [1.82, 2.24) is 0 Å². The van der Waals surface area contributed by atoms with Crippen molar-refractivity contribution in [1.29, 1.82) is 0 Å². The minimum absolute atomic E-state index is 0.176. The molecule has 0 aromatic heterocycles. The van der Waals surface area contributed by atoms with Crippen LogP contribution in [-0.2, 0) is 81.8 Å². The number of carboxylic acids is 1. The molecule has 0 bridgehead atoms. The predicted octanol–water partition coefficient (Wildman–Crippen LogP) is 9.80. The number of rotatable bonds is 33. The van der Waals surface area contributed by atoms with Gasteiger partial charge in [-0.05, 0) is 139 Å². The van der Waals surface area contributed by atoms with Crippen molar-refractivity contribution < 1.29 is 86.9 Å². The van der Waals surface area contributed by atoms with Crippen molar-refractivity contribution in [2.24, 2.45) is 0 Å². The molecule has 0 heterocycles. The highest BCUT2D eigenvalue weighted by Crippen LogP contribution is 2.34. The SMILES string of the molecule is C=C(C)C(=O)O.C=C(C)C(=O)OC.C=C(C)C(=O)OCCC[Si](O[Si](C)(C)O[Si](C)(C)C)(O[Si](C)(C)O[Si](C)(C)C)O[Si](C)(C)O[Si](C)(C)C.C=C(C)C(=O)OCCOCCOCCOCCOC(=O)C(=C)C. The molecule has 0 rings (SSSR count). The molecule has 0 spiro atoms. The monoisotopic (exact) mass is 1160 g/mol. The van der Waals surface area contributed by atoms with Gasteiger partial charge in [0.05, 0.1) is 53.4 Å². The third-order valence-electron chi connectivity index (χ3n) is 7.33. The van der Waals surface area contributed by atoms with E-state index >= 15 is 0 Å². The number of carbonyl (C=O) groups is 5. The summed E-state index contributed by atoms with van der Waals surface area (Å²) < 4.78 is 75.8. The van der Waals surface area contributed by atoms with Gasteiger partial charge in [0.2, 0.25) is 0 Å². The number of carboxylic acid groups (broad SMARTS) is 1. The van der Waals surface area contributed by atoms with Gasteiger partial charge >= 0.3 is 64.3 Å². The standard InChI is InChI=1S/C22H56O8Si7.C16H26O7.C5H8O2.C4H6O2/c1-21(2)22(23)24-19-18-20-37(28-34(12,13)25-31(3,4)5,29-35(14,15)26-32(6,7)8)30-36(16,17)27-33(9,10)11;1-13(2)15(17)22-11-9-20-7-5-19-6-8-21-10-12-23-16(18)14(3)4;1-4(2)5(6)7-3;1-3(2)4(5)6/h1,18-20H2,2-17H3;1,3,5-12H2,2,4H3;1H2,2-3H3;1H2,2H3,(H,5,6). The van der Waals surface area contributed by atoms with Crippen LogP contribution >= 0.6 is 0 Å². The lowest BCUT2D eigenvalue weighted by Gasteiger charge is -2.46. The minimum Gasteiger partial charge on any atom is -0.478 e. The summed E-state index contributed by atoms with van der Waals surface area (Å²) in [5.41, 5.74) is 1.71. The lowest BCUT2D eigenvalue weighted by molar-refractivity contribution is -0.141. The van der Waals surface area contributed by atoms with Crippen molar-refractivity contribution in [3.8, 4) is 0 Å². The second-order valence-corrected chi connectivity index (χ2v) is 48.7. The maximum absolute atomic E-state index is 12.0. The van der Waals surface area contributed by atoms with Gasteiger partial charge in [-0.1, -0.05) is 32.9 Å². The van der Waals surface area contributed by atoms with E-state index in [4.69, 9.17) is 58.2 Å². The van der Waals surface area contributed by atoms with E-state index in [1.54, 1.807) is 27.7 Å². The van der Waals surface area contributed by atoms with Gasteiger partial charge in [0.1, 0.15) is 13.2 Å². The number of methoxy groups -OCH3 is 1. The predicted molar refractivity (Wildman–Crippen MR) is 303 cm³/mol. The average Bonchev–Trinajstić information content (AvgIpc) is 3.17. The van der Waals surface area contributed by atoms with Gasteiger partial charge in [-0.2, -0.15) is 0 Å². The van der Waals surface area contributed by atoms with Crippen molar-refractivity contribution >= 4 is 89.3 Å². The van der Waals surface area contributed by atoms with Gasteiger partial charge in [-0.15, -0.1) is 0 Å². The van der Waals surface area contributed by atoms with Crippen molar-refractivity contribution in [2.45, 2.75) is 145 Å². The molecule has 0 saturated heterocycles. The van der Waals surface area contributed by atoms with Gasteiger partial charge in [-0.3, -0.25) is 0 Å². The van der Waals surface area contributed by atoms with Crippen molar-refractivity contribution in [2.75, 3.05) is 66.6 Å². The summed E-state index contributed by atoms with van der Waals surface area (Å²) >= 11 is 0. The van der Waals surface area contributed by atoms with Crippen molar-refractivity contribution in [3.63, 3.8) is 0 Å². The summed E-state index contributed by atoms with van der Waals surface area (Å²) in [6, 6.07) is 0.471. The average molecular weight is 1160 g/mol. The highest BCUT2D eigenvalue weighted by atomic mass is 28.5. The number of aliphatic carboxylic acids is 1. The molecule has 0 aliphatic rings. The first-order valence-corrected chi connectivity index (χ1v) is 44.5. The molecular weight excluding hydrogens is 1070 g/mol. The molecule has 0 aromatic rings. The zero-order chi connectivity index (χ0) is 58.2. The topological polar surface area (TPSA) is 226 Å². The second-order valence-electron chi connectivity index (χ2n) is 20.9. The normalized spacial score (nSPS) is 12.0. The number of carbonyl (C=O) groups excluding carboxylic acids is 4. The Labute approximate surface area is 446 Å². The maximum Gasteiger partial charge on any atom is 0.474 e. The smallest absolute Gasteiger partial charge is 0.474 e. The lowest BCUT2D eigenvalue weighted by atomic mass is 10.4. The van der Waals surface area contributed by atoms with Crippen LogP contribution in [-0.4, -0.2) is 161 Å². The Hall–Kier alpha value is -2.79. The first-order chi connectivity index (χ1) is 32.8. The molecule has 26 heteroatoms. The van der Waals surface area contributed by atoms with Crippen LogP contribution in [0.1, 0.15) is 41.0 Å². The van der Waals surface area contributed by atoms with Gasteiger partial charge < -0.3 is 63.0 Å². The van der Waals surface area contributed by atoms with Crippen LogP contribution in [0.25, 0.3) is 0 Å². The van der Waals surface area contributed by atoms with Crippen LogP contribution in [0.15, 0.2) is 60.8 Å². The van der Waals surface area contributed by atoms with E-state index in [1.807, 2.05) is 0 Å². The minimum atomic E-state index is -3.44. The van der Waals surface area contributed by atoms with Gasteiger partial charge in [0, 0.05) is 33.9 Å². The number of ether oxygens (including phenoxy) is 7. The quantitative estimate of drug-likeness (QED) is 0.0212. The van der Waals surface area contributed by atoms with E-state index < -0.39 is 83.3 Å². The summed E-state index contributed by atoms with van der Waals surface area (Å²) in [5, 5.41) is 7.89. The highest BCUT2D eigenvalue weighted by Gasteiger charge is 2.56. The Kier molecular flexibility index (Phi) is 38.9. The largest absolute Gasteiger partial charge is 0.478 e. The van der Waals surface area contributed by atoms with E-state index in [2.05, 4.69) is 136 Å². The van der Waals surface area contributed by atoms with E-state index in [1.165, 1.54) is 14.0 Å². The third kappa shape index (κ3) is 49.8. The fraction of sp³-hybridized carbons (Fsp3) is 0.681. The van der Waals surface area contributed by atoms with Gasteiger partial charge in [-0.25, -0.2) is 24.0 Å². The van der Waals surface area contributed by atoms with Gasteiger partial charge in [0.25, 0.3) is 0 Å². The Morgan fingerprint density at radius 2 is 0.603 bits per heavy atom. The summed E-state index contributed by atoms with van der Waals surface area (Å²) in [6.07, 6.45) is 0.525. The first kappa shape index (κ1) is 76.7. The summed E-state index contributed by atoms with van der Waals surface area (Å²) in [7, 11) is -15.9. The molecule has 0 fully saturated rings. The molecule has 0 atom stereocenters. The van der Waals surface area contributed by atoms with Crippen LogP contribution in [0, 0.1) is 0 Å². The molecule has 0 aliphatic carbocycles. The number of esters is 4. The Bertz CT molecular complexity index is 1640. The Morgan fingerprint density at radius 1 is 0.370 bits per heavy atom. The molecule has 73 heavy (non-hydrogen) atoms.